The fourth-order valence-electron chi connectivity index (χ4n) is 4.58. The van der Waals surface area contributed by atoms with Crippen LogP contribution in [0.15, 0.2) is 24.6 Å². The van der Waals surface area contributed by atoms with Gasteiger partial charge in [0.05, 0.1) is 17.7 Å². The highest BCUT2D eigenvalue weighted by Gasteiger charge is 2.34. The average molecular weight is 398 g/mol. The molecule has 1 amide bonds. The van der Waals surface area contributed by atoms with Crippen LogP contribution in [-0.4, -0.2) is 38.7 Å². The number of imidazole rings is 1. The largest absolute Gasteiger partial charge is 0.465 e. The maximum atomic E-state index is 11.5. The van der Waals surface area contributed by atoms with Crippen molar-refractivity contribution in [1.29, 1.82) is 0 Å². The van der Waals surface area contributed by atoms with Crippen LogP contribution in [0.1, 0.15) is 64.3 Å². The van der Waals surface area contributed by atoms with E-state index in [2.05, 4.69) is 35.9 Å². The number of amides is 1. The number of hydrogen-bond acceptors (Lipinski definition) is 2. The smallest absolute Gasteiger partial charge is 0.407 e. The van der Waals surface area contributed by atoms with Crippen molar-refractivity contribution in [2.45, 2.75) is 65.8 Å². The molecule has 2 atom stereocenters. The summed E-state index contributed by atoms with van der Waals surface area (Å²) in [5.41, 5.74) is 2.96. The number of carbonyl (C=O) groups is 1. The van der Waals surface area contributed by atoms with Crippen LogP contribution in [0.5, 0.6) is 0 Å². The first-order valence-electron chi connectivity index (χ1n) is 10.7. The number of rotatable bonds is 9. The molecule has 1 aliphatic carbocycles. The maximum Gasteiger partial charge on any atom is 0.407 e. The number of hydrogen-bond donors (Lipinski definition) is 1. The van der Waals surface area contributed by atoms with Crippen molar-refractivity contribution in [3.8, 4) is 12.3 Å². The lowest BCUT2D eigenvalue weighted by Gasteiger charge is -2.40. The van der Waals surface area contributed by atoms with Crippen molar-refractivity contribution in [3.05, 3.63) is 35.9 Å². The molecule has 29 heavy (non-hydrogen) atoms. The summed E-state index contributed by atoms with van der Waals surface area (Å²) in [5, 5.41) is 9.48. The van der Waals surface area contributed by atoms with Crippen molar-refractivity contribution < 1.29 is 9.90 Å². The first-order chi connectivity index (χ1) is 13.9. The molecule has 1 aromatic heterocycles. The molecule has 0 bridgehead atoms. The lowest BCUT2D eigenvalue weighted by molar-refractivity contribution is 0.0943. The number of aryl methyl sites for hydroxylation is 1. The Labute approximate surface area is 175 Å². The molecule has 1 aromatic rings. The Kier molecular flexibility index (Phi) is 8.13. The monoisotopic (exact) mass is 397 g/mol. The van der Waals surface area contributed by atoms with Crippen LogP contribution < -0.4 is 0 Å². The molecule has 5 nitrogen and oxygen atoms in total. The fourth-order valence-corrected chi connectivity index (χ4v) is 4.58. The quantitative estimate of drug-likeness (QED) is 0.458. The molecule has 5 heteroatoms. The zero-order valence-electron chi connectivity index (χ0n) is 18.2. The first-order valence-corrected chi connectivity index (χ1v) is 10.7. The highest BCUT2D eigenvalue weighted by atomic mass is 16.4. The van der Waals surface area contributed by atoms with E-state index in [-0.39, 0.29) is 5.41 Å². The molecule has 0 aliphatic heterocycles. The number of allylic oxidation sites excluding steroid dienone is 2. The van der Waals surface area contributed by atoms with E-state index in [9.17, 15) is 9.90 Å². The summed E-state index contributed by atoms with van der Waals surface area (Å²) in [4.78, 5) is 17.7. The highest BCUT2D eigenvalue weighted by molar-refractivity contribution is 5.64. The Hall–Kier alpha value is -2.48. The highest BCUT2D eigenvalue weighted by Crippen LogP contribution is 2.41. The Morgan fingerprint density at radius 3 is 2.90 bits per heavy atom. The van der Waals surface area contributed by atoms with Gasteiger partial charge in [0, 0.05) is 25.2 Å². The van der Waals surface area contributed by atoms with Gasteiger partial charge in [0.15, 0.2) is 0 Å². The van der Waals surface area contributed by atoms with E-state index in [0.29, 0.717) is 19.0 Å². The Bertz CT molecular complexity index is 787. The van der Waals surface area contributed by atoms with Crippen molar-refractivity contribution in [3.63, 3.8) is 0 Å². The van der Waals surface area contributed by atoms with Gasteiger partial charge in [-0.3, -0.25) is 0 Å². The van der Waals surface area contributed by atoms with Crippen molar-refractivity contribution in [2.24, 2.45) is 11.3 Å². The van der Waals surface area contributed by atoms with Crippen molar-refractivity contribution in [2.75, 3.05) is 13.1 Å². The third-order valence-corrected chi connectivity index (χ3v) is 5.94. The zero-order valence-corrected chi connectivity index (χ0v) is 18.2. The topological polar surface area (TPSA) is 58.4 Å². The van der Waals surface area contributed by atoms with E-state index < -0.39 is 6.09 Å². The van der Waals surface area contributed by atoms with Gasteiger partial charge in [-0.25, -0.2) is 9.78 Å². The van der Waals surface area contributed by atoms with Crippen LogP contribution in [0.2, 0.25) is 0 Å². The normalized spacial score (nSPS) is 22.1. The molecule has 2 rings (SSSR count). The minimum absolute atomic E-state index is 0.109. The summed E-state index contributed by atoms with van der Waals surface area (Å²) in [6, 6.07) is 0. The lowest BCUT2D eigenvalue weighted by atomic mass is 9.70. The van der Waals surface area contributed by atoms with Gasteiger partial charge in [-0.15, -0.1) is 6.42 Å². The summed E-state index contributed by atoms with van der Waals surface area (Å²) in [6.07, 6.45) is 16.5. The van der Waals surface area contributed by atoms with Crippen molar-refractivity contribution >= 4 is 12.2 Å². The summed E-state index contributed by atoms with van der Waals surface area (Å²) >= 11 is 0. The minimum Gasteiger partial charge on any atom is -0.465 e. The number of nitrogens with zero attached hydrogens (tertiary/aromatic N) is 3. The van der Waals surface area contributed by atoms with E-state index in [1.165, 1.54) is 0 Å². The SMILES string of the molecule is C#C/C(C=C)=C/c1c(CC)ncn1CC1(C)CCCC(CN(CCC)C(=O)O)C1. The van der Waals surface area contributed by atoms with Gasteiger partial charge in [0.1, 0.15) is 0 Å². The molecule has 0 spiro atoms. The van der Waals surface area contributed by atoms with E-state index in [4.69, 9.17) is 6.42 Å². The third-order valence-electron chi connectivity index (χ3n) is 5.94. The molecule has 2 unspecified atom stereocenters. The molecule has 0 aromatic carbocycles. The second-order valence-corrected chi connectivity index (χ2v) is 8.51. The van der Waals surface area contributed by atoms with Gasteiger partial charge in [-0.2, -0.15) is 0 Å². The predicted octanol–water partition coefficient (Wildman–Crippen LogP) is 5.23. The van der Waals surface area contributed by atoms with Gasteiger partial charge < -0.3 is 14.6 Å². The second kappa shape index (κ2) is 10.3. The summed E-state index contributed by atoms with van der Waals surface area (Å²) in [5.74, 6) is 3.08. The minimum atomic E-state index is -0.806. The fraction of sp³-hybridized carbons (Fsp3) is 0.583. The van der Waals surface area contributed by atoms with Crippen LogP contribution in [0.4, 0.5) is 4.79 Å². The van der Waals surface area contributed by atoms with Crippen LogP contribution in [0.25, 0.3) is 6.08 Å². The summed E-state index contributed by atoms with van der Waals surface area (Å²) in [6.45, 7) is 12.3. The van der Waals surface area contributed by atoms with E-state index in [1.54, 1.807) is 11.0 Å². The predicted molar refractivity (Wildman–Crippen MR) is 119 cm³/mol. The Balaban J connectivity index is 2.20. The standard InChI is InChI=1S/C24H35N3O2/c1-6-13-26(23(28)29)16-20-11-10-12-24(5,15-20)17-27-18-25-21(9-4)22(27)14-19(7-2)8-3/h2,8,14,18,20H,3,6,9-13,15-17H2,1,4-5H3,(H,28,29)/b19-14-. The number of carboxylic acid groups (broad SMARTS) is 1. The van der Waals surface area contributed by atoms with Crippen LogP contribution in [0, 0.1) is 23.7 Å². The third kappa shape index (κ3) is 6.00. The molecule has 0 radical (unpaired) electrons. The first kappa shape index (κ1) is 22.8. The molecule has 158 valence electrons. The molecular weight excluding hydrogens is 362 g/mol. The summed E-state index contributed by atoms with van der Waals surface area (Å²) in [7, 11) is 0. The molecule has 1 N–H and O–H groups in total. The molecular formula is C24H35N3O2. The second-order valence-electron chi connectivity index (χ2n) is 8.51. The van der Waals surface area contributed by atoms with Gasteiger partial charge in [0.2, 0.25) is 0 Å². The molecule has 1 saturated carbocycles. The Morgan fingerprint density at radius 2 is 2.31 bits per heavy atom. The van der Waals surface area contributed by atoms with Gasteiger partial charge in [-0.1, -0.05) is 45.8 Å². The molecule has 1 fully saturated rings. The Morgan fingerprint density at radius 1 is 1.55 bits per heavy atom. The zero-order chi connectivity index (χ0) is 21.4. The molecule has 1 aliphatic rings. The number of aromatic nitrogens is 2. The van der Waals surface area contributed by atoms with E-state index in [1.807, 2.05) is 19.3 Å². The van der Waals surface area contributed by atoms with Crippen LogP contribution >= 0.6 is 0 Å². The van der Waals surface area contributed by atoms with Gasteiger partial charge in [0.25, 0.3) is 0 Å². The maximum absolute atomic E-state index is 11.5. The molecule has 0 saturated heterocycles. The van der Waals surface area contributed by atoms with Gasteiger partial charge in [-0.05, 0) is 49.5 Å². The van der Waals surface area contributed by atoms with Crippen LogP contribution in [-0.2, 0) is 13.0 Å². The van der Waals surface area contributed by atoms with Gasteiger partial charge >= 0.3 is 6.09 Å². The van der Waals surface area contributed by atoms with E-state index in [0.717, 1.165) is 62.0 Å². The van der Waals surface area contributed by atoms with Crippen LogP contribution in [0.3, 0.4) is 0 Å². The summed E-state index contributed by atoms with van der Waals surface area (Å²) < 4.78 is 2.21. The molecule has 1 heterocycles. The van der Waals surface area contributed by atoms with Crippen molar-refractivity contribution in [1.82, 2.24) is 14.5 Å². The number of terminal acetylenes is 1. The van der Waals surface area contributed by atoms with E-state index >= 15 is 0 Å². The lowest BCUT2D eigenvalue weighted by Crippen LogP contribution is -2.39. The average Bonchev–Trinajstić information content (AvgIpc) is 3.06.